The SMILES string of the molecule is O=C(Nc1ccc(F)c(Cl)c1)C1C2CCCCC21. The summed E-state index contributed by atoms with van der Waals surface area (Å²) in [5, 5.41) is 2.88. The first-order valence-corrected chi connectivity index (χ1v) is 6.80. The topological polar surface area (TPSA) is 29.1 Å². The molecule has 0 spiro atoms. The summed E-state index contributed by atoms with van der Waals surface area (Å²) in [4.78, 5) is 12.1. The molecule has 1 N–H and O–H groups in total. The molecule has 2 nitrogen and oxygen atoms in total. The molecule has 2 fully saturated rings. The molecular formula is C14H15ClFNO. The van der Waals surface area contributed by atoms with Gasteiger partial charge in [-0.15, -0.1) is 0 Å². The summed E-state index contributed by atoms with van der Waals surface area (Å²) >= 11 is 5.69. The molecule has 0 bridgehead atoms. The summed E-state index contributed by atoms with van der Waals surface area (Å²) in [6.45, 7) is 0. The highest BCUT2D eigenvalue weighted by molar-refractivity contribution is 6.31. The van der Waals surface area contributed by atoms with E-state index in [4.69, 9.17) is 11.6 Å². The molecule has 1 aromatic carbocycles. The van der Waals surface area contributed by atoms with E-state index in [-0.39, 0.29) is 16.8 Å². The first-order valence-electron chi connectivity index (χ1n) is 6.43. The van der Waals surface area contributed by atoms with Crippen molar-refractivity contribution in [2.45, 2.75) is 25.7 Å². The van der Waals surface area contributed by atoms with E-state index in [9.17, 15) is 9.18 Å². The molecule has 0 radical (unpaired) electrons. The van der Waals surface area contributed by atoms with Crippen LogP contribution in [0, 0.1) is 23.6 Å². The molecule has 2 aliphatic carbocycles. The lowest BCUT2D eigenvalue weighted by Crippen LogP contribution is -2.15. The lowest BCUT2D eigenvalue weighted by Gasteiger charge is -2.05. The van der Waals surface area contributed by atoms with Crippen molar-refractivity contribution < 1.29 is 9.18 Å². The number of carbonyl (C=O) groups is 1. The van der Waals surface area contributed by atoms with Crippen LogP contribution in [0.4, 0.5) is 10.1 Å². The molecule has 0 heterocycles. The van der Waals surface area contributed by atoms with Gasteiger partial charge in [-0.1, -0.05) is 24.4 Å². The van der Waals surface area contributed by atoms with Gasteiger partial charge in [0, 0.05) is 11.6 Å². The number of hydrogen-bond acceptors (Lipinski definition) is 1. The van der Waals surface area contributed by atoms with Crippen molar-refractivity contribution in [3.63, 3.8) is 0 Å². The highest BCUT2D eigenvalue weighted by Crippen LogP contribution is 2.55. The zero-order chi connectivity index (χ0) is 12.7. The van der Waals surface area contributed by atoms with Crippen molar-refractivity contribution in [1.82, 2.24) is 0 Å². The zero-order valence-corrected chi connectivity index (χ0v) is 10.7. The van der Waals surface area contributed by atoms with Crippen LogP contribution in [0.3, 0.4) is 0 Å². The number of carbonyl (C=O) groups excluding carboxylic acids is 1. The Balaban J connectivity index is 1.66. The maximum absolute atomic E-state index is 13.0. The van der Waals surface area contributed by atoms with E-state index in [1.807, 2.05) is 0 Å². The molecule has 0 saturated heterocycles. The molecule has 4 heteroatoms. The monoisotopic (exact) mass is 267 g/mol. The fraction of sp³-hybridized carbons (Fsp3) is 0.500. The highest BCUT2D eigenvalue weighted by atomic mass is 35.5. The predicted octanol–water partition coefficient (Wildman–Crippen LogP) is 3.85. The summed E-state index contributed by atoms with van der Waals surface area (Å²) in [7, 11) is 0. The van der Waals surface area contributed by atoms with Crippen molar-refractivity contribution in [3.05, 3.63) is 29.0 Å². The summed E-state index contributed by atoms with van der Waals surface area (Å²) in [5.41, 5.74) is 0.579. The smallest absolute Gasteiger partial charge is 0.228 e. The number of anilines is 1. The number of halogens is 2. The van der Waals surface area contributed by atoms with Crippen LogP contribution in [-0.2, 0) is 4.79 Å². The van der Waals surface area contributed by atoms with E-state index in [2.05, 4.69) is 5.32 Å². The quantitative estimate of drug-likeness (QED) is 0.866. The van der Waals surface area contributed by atoms with Crippen LogP contribution in [-0.4, -0.2) is 5.91 Å². The predicted molar refractivity (Wildman–Crippen MR) is 69.0 cm³/mol. The maximum atomic E-state index is 13.0. The second-order valence-electron chi connectivity index (χ2n) is 5.26. The molecule has 2 saturated carbocycles. The number of amides is 1. The fourth-order valence-corrected chi connectivity index (χ4v) is 3.36. The molecule has 2 unspecified atom stereocenters. The van der Waals surface area contributed by atoms with Crippen LogP contribution >= 0.6 is 11.6 Å². The van der Waals surface area contributed by atoms with Gasteiger partial charge in [-0.2, -0.15) is 0 Å². The van der Waals surface area contributed by atoms with Gasteiger partial charge in [0.05, 0.1) is 5.02 Å². The molecule has 1 aromatic rings. The first-order chi connectivity index (χ1) is 8.66. The van der Waals surface area contributed by atoms with E-state index in [0.29, 0.717) is 17.5 Å². The number of rotatable bonds is 2. The average molecular weight is 268 g/mol. The molecule has 3 rings (SSSR count). The van der Waals surface area contributed by atoms with Crippen molar-refractivity contribution in [2.24, 2.45) is 17.8 Å². The van der Waals surface area contributed by atoms with Gasteiger partial charge in [0.25, 0.3) is 0 Å². The molecule has 2 aliphatic rings. The summed E-state index contributed by atoms with van der Waals surface area (Å²) in [5.74, 6) is 0.921. The molecule has 0 aromatic heterocycles. The third kappa shape index (κ3) is 2.12. The molecule has 96 valence electrons. The Morgan fingerprint density at radius 1 is 1.28 bits per heavy atom. The molecule has 0 aliphatic heterocycles. The van der Waals surface area contributed by atoms with Gasteiger partial charge >= 0.3 is 0 Å². The number of benzene rings is 1. The van der Waals surface area contributed by atoms with Crippen LogP contribution in [0.1, 0.15) is 25.7 Å². The van der Waals surface area contributed by atoms with Crippen LogP contribution in [0.5, 0.6) is 0 Å². The summed E-state index contributed by atoms with van der Waals surface area (Å²) in [6.07, 6.45) is 4.83. The lowest BCUT2D eigenvalue weighted by atomic mass is 10.0. The molecular weight excluding hydrogens is 253 g/mol. The Labute approximate surface area is 111 Å². The van der Waals surface area contributed by atoms with Crippen LogP contribution in [0.15, 0.2) is 18.2 Å². The van der Waals surface area contributed by atoms with E-state index < -0.39 is 5.82 Å². The molecule has 18 heavy (non-hydrogen) atoms. The third-order valence-electron chi connectivity index (χ3n) is 4.15. The Morgan fingerprint density at radius 3 is 2.56 bits per heavy atom. The standard InChI is InChI=1S/C14H15ClFNO/c15-11-7-8(5-6-12(11)16)17-14(18)13-9-3-1-2-4-10(9)13/h5-7,9-10,13H,1-4H2,(H,17,18). The largest absolute Gasteiger partial charge is 0.326 e. The summed E-state index contributed by atoms with van der Waals surface area (Å²) in [6, 6.07) is 4.28. The van der Waals surface area contributed by atoms with Gasteiger partial charge in [0.15, 0.2) is 0 Å². The lowest BCUT2D eigenvalue weighted by molar-refractivity contribution is -0.117. The third-order valence-corrected chi connectivity index (χ3v) is 4.44. The molecule has 1 amide bonds. The number of hydrogen-bond donors (Lipinski definition) is 1. The zero-order valence-electron chi connectivity index (χ0n) is 9.96. The average Bonchev–Trinajstić information content (AvgIpc) is 3.08. The van der Waals surface area contributed by atoms with E-state index >= 15 is 0 Å². The van der Waals surface area contributed by atoms with E-state index in [1.54, 1.807) is 6.07 Å². The van der Waals surface area contributed by atoms with Crippen molar-refractivity contribution in [2.75, 3.05) is 5.32 Å². The second-order valence-corrected chi connectivity index (χ2v) is 5.66. The Hall–Kier alpha value is -1.09. The minimum Gasteiger partial charge on any atom is -0.326 e. The summed E-state index contributed by atoms with van der Waals surface area (Å²) < 4.78 is 13.0. The van der Waals surface area contributed by atoms with E-state index in [1.165, 1.54) is 37.8 Å². The van der Waals surface area contributed by atoms with Gasteiger partial charge in [0.2, 0.25) is 5.91 Å². The normalized spacial score (nSPS) is 29.6. The van der Waals surface area contributed by atoms with E-state index in [0.717, 1.165) is 0 Å². The second kappa shape index (κ2) is 4.54. The fourth-order valence-electron chi connectivity index (χ4n) is 3.18. The Bertz CT molecular complexity index is 479. The Kier molecular flexibility index (Phi) is 3.02. The van der Waals surface area contributed by atoms with Crippen molar-refractivity contribution >= 4 is 23.2 Å². The van der Waals surface area contributed by atoms with Gasteiger partial charge in [-0.05, 0) is 42.9 Å². The van der Waals surface area contributed by atoms with Gasteiger partial charge in [0.1, 0.15) is 5.82 Å². The van der Waals surface area contributed by atoms with Crippen molar-refractivity contribution in [3.8, 4) is 0 Å². The van der Waals surface area contributed by atoms with Gasteiger partial charge < -0.3 is 5.32 Å². The number of nitrogens with one attached hydrogen (secondary N) is 1. The van der Waals surface area contributed by atoms with Crippen LogP contribution in [0.25, 0.3) is 0 Å². The highest BCUT2D eigenvalue weighted by Gasteiger charge is 2.54. The minimum atomic E-state index is -0.463. The Morgan fingerprint density at radius 2 is 1.94 bits per heavy atom. The molecule has 2 atom stereocenters. The van der Waals surface area contributed by atoms with Gasteiger partial charge in [-0.3, -0.25) is 4.79 Å². The minimum absolute atomic E-state index is 0.0426. The van der Waals surface area contributed by atoms with Crippen LogP contribution < -0.4 is 5.32 Å². The first kappa shape index (κ1) is 12.0. The van der Waals surface area contributed by atoms with Crippen molar-refractivity contribution in [1.29, 1.82) is 0 Å². The van der Waals surface area contributed by atoms with Gasteiger partial charge in [-0.25, -0.2) is 4.39 Å². The maximum Gasteiger partial charge on any atom is 0.228 e. The van der Waals surface area contributed by atoms with Crippen LogP contribution in [0.2, 0.25) is 5.02 Å². The number of fused-ring (bicyclic) bond motifs is 1.